The number of carboxylic acids is 1. The van der Waals surface area contributed by atoms with Crippen molar-refractivity contribution in [1.82, 2.24) is 4.90 Å². The minimum Gasteiger partial charge on any atom is -0.481 e. The number of rotatable bonds is 6. The van der Waals surface area contributed by atoms with E-state index < -0.39 is 11.4 Å². The van der Waals surface area contributed by atoms with Gasteiger partial charge in [0, 0.05) is 6.54 Å². The summed E-state index contributed by atoms with van der Waals surface area (Å²) in [5.41, 5.74) is -0.473. The molecule has 0 aromatic carbocycles. The quantitative estimate of drug-likeness (QED) is 0.726. The van der Waals surface area contributed by atoms with Gasteiger partial charge in [-0.3, -0.25) is 4.79 Å². The van der Waals surface area contributed by atoms with Crippen LogP contribution in [0.3, 0.4) is 0 Å². The van der Waals surface area contributed by atoms with Gasteiger partial charge < -0.3 is 10.0 Å². The van der Waals surface area contributed by atoms with Gasteiger partial charge in [0.1, 0.15) is 0 Å². The Morgan fingerprint density at radius 1 is 1.24 bits per heavy atom. The van der Waals surface area contributed by atoms with Crippen LogP contribution in [-0.4, -0.2) is 36.1 Å². The fraction of sp³-hybridized carbons (Fsp3) is 0.929. The van der Waals surface area contributed by atoms with Gasteiger partial charge in [-0.15, -0.1) is 0 Å². The second kappa shape index (κ2) is 7.00. The average molecular weight is 241 g/mol. The van der Waals surface area contributed by atoms with E-state index in [1.807, 2.05) is 0 Å². The Hall–Kier alpha value is -0.570. The first-order valence-electron chi connectivity index (χ1n) is 7.03. The first-order valence-corrected chi connectivity index (χ1v) is 7.03. The molecule has 1 rings (SSSR count). The summed E-state index contributed by atoms with van der Waals surface area (Å²) in [6.07, 6.45) is 8.61. The summed E-state index contributed by atoms with van der Waals surface area (Å²) in [6, 6.07) is 0. The minimum absolute atomic E-state index is 0.473. The molecule has 0 bridgehead atoms. The fourth-order valence-corrected chi connectivity index (χ4v) is 2.87. The molecule has 1 saturated carbocycles. The average Bonchev–Trinajstić information content (AvgIpc) is 2.53. The summed E-state index contributed by atoms with van der Waals surface area (Å²) in [4.78, 5) is 13.8. The molecule has 100 valence electrons. The van der Waals surface area contributed by atoms with Gasteiger partial charge in [-0.05, 0) is 32.9 Å². The molecule has 0 spiro atoms. The Bertz CT molecular complexity index is 232. The van der Waals surface area contributed by atoms with Crippen molar-refractivity contribution < 1.29 is 9.90 Å². The van der Waals surface area contributed by atoms with Crippen LogP contribution in [0.25, 0.3) is 0 Å². The predicted octanol–water partition coefficient (Wildman–Crippen LogP) is 3.14. The maximum absolute atomic E-state index is 11.6. The van der Waals surface area contributed by atoms with Crippen LogP contribution in [0.15, 0.2) is 0 Å². The lowest BCUT2D eigenvalue weighted by Gasteiger charge is -2.32. The molecular formula is C14H27NO2. The largest absolute Gasteiger partial charge is 0.481 e. The topological polar surface area (TPSA) is 40.5 Å². The second-order valence-corrected chi connectivity index (χ2v) is 5.59. The van der Waals surface area contributed by atoms with Gasteiger partial charge >= 0.3 is 5.97 Å². The molecule has 3 nitrogen and oxygen atoms in total. The zero-order valence-corrected chi connectivity index (χ0v) is 11.4. The lowest BCUT2D eigenvalue weighted by molar-refractivity contribution is -0.151. The van der Waals surface area contributed by atoms with Gasteiger partial charge in [0.25, 0.3) is 0 Å². The third-order valence-electron chi connectivity index (χ3n) is 3.98. The zero-order chi connectivity index (χ0) is 12.7. The van der Waals surface area contributed by atoms with Crippen molar-refractivity contribution in [2.24, 2.45) is 5.41 Å². The van der Waals surface area contributed by atoms with Crippen LogP contribution in [-0.2, 0) is 4.79 Å². The first-order chi connectivity index (χ1) is 8.10. The Labute approximate surface area is 105 Å². The zero-order valence-electron chi connectivity index (χ0n) is 11.4. The van der Waals surface area contributed by atoms with Crippen molar-refractivity contribution in [2.45, 2.75) is 58.3 Å². The third-order valence-corrected chi connectivity index (χ3v) is 3.98. The monoisotopic (exact) mass is 241 g/mol. The Morgan fingerprint density at radius 2 is 1.82 bits per heavy atom. The maximum atomic E-state index is 11.6. The Morgan fingerprint density at radius 3 is 2.29 bits per heavy atom. The van der Waals surface area contributed by atoms with Crippen molar-refractivity contribution in [3.8, 4) is 0 Å². The van der Waals surface area contributed by atoms with Gasteiger partial charge in [-0.25, -0.2) is 0 Å². The lowest BCUT2D eigenvalue weighted by Crippen LogP contribution is -2.41. The van der Waals surface area contributed by atoms with E-state index in [0.717, 1.165) is 45.2 Å². The summed E-state index contributed by atoms with van der Waals surface area (Å²) in [6.45, 7) is 3.92. The normalized spacial score (nSPS) is 20.2. The van der Waals surface area contributed by atoms with E-state index >= 15 is 0 Å². The van der Waals surface area contributed by atoms with Crippen LogP contribution < -0.4 is 0 Å². The van der Waals surface area contributed by atoms with E-state index in [2.05, 4.69) is 18.9 Å². The van der Waals surface area contributed by atoms with Crippen LogP contribution in [0.2, 0.25) is 0 Å². The maximum Gasteiger partial charge on any atom is 0.310 e. The van der Waals surface area contributed by atoms with Crippen molar-refractivity contribution in [1.29, 1.82) is 0 Å². The predicted molar refractivity (Wildman–Crippen MR) is 70.2 cm³/mol. The van der Waals surface area contributed by atoms with Crippen LogP contribution >= 0.6 is 0 Å². The lowest BCUT2D eigenvalue weighted by atomic mass is 9.80. The number of hydrogen-bond donors (Lipinski definition) is 1. The molecular weight excluding hydrogens is 214 g/mol. The molecule has 1 N–H and O–H groups in total. The smallest absolute Gasteiger partial charge is 0.310 e. The molecule has 17 heavy (non-hydrogen) atoms. The van der Waals surface area contributed by atoms with Crippen LogP contribution in [0.1, 0.15) is 58.3 Å². The highest BCUT2D eigenvalue weighted by Gasteiger charge is 2.39. The molecule has 0 aliphatic heterocycles. The Kier molecular flexibility index (Phi) is 5.96. The van der Waals surface area contributed by atoms with Gasteiger partial charge in [0.15, 0.2) is 0 Å². The van der Waals surface area contributed by atoms with E-state index in [0.29, 0.717) is 0 Å². The van der Waals surface area contributed by atoms with Crippen LogP contribution in [0, 0.1) is 5.41 Å². The summed E-state index contributed by atoms with van der Waals surface area (Å²) in [5, 5.41) is 9.56. The molecule has 3 heteroatoms. The highest BCUT2D eigenvalue weighted by Crippen LogP contribution is 2.36. The highest BCUT2D eigenvalue weighted by molar-refractivity contribution is 5.75. The molecule has 0 aromatic heterocycles. The van der Waals surface area contributed by atoms with E-state index in [-0.39, 0.29) is 0 Å². The number of hydrogen-bond acceptors (Lipinski definition) is 2. The highest BCUT2D eigenvalue weighted by atomic mass is 16.4. The number of carboxylic acid groups (broad SMARTS) is 1. The molecule has 0 heterocycles. The van der Waals surface area contributed by atoms with E-state index in [1.54, 1.807) is 0 Å². The molecule has 0 unspecified atom stereocenters. The molecule has 1 aliphatic carbocycles. The van der Waals surface area contributed by atoms with E-state index in [9.17, 15) is 9.90 Å². The van der Waals surface area contributed by atoms with E-state index in [1.165, 1.54) is 19.3 Å². The molecule has 0 aromatic rings. The summed E-state index contributed by atoms with van der Waals surface area (Å²) in [5.74, 6) is -0.581. The molecule has 0 radical (unpaired) electrons. The standard InChI is InChI=1S/C14H27NO2/c1-3-4-11-15(2)12-14(13(16)17)9-7-5-6-8-10-14/h3-12H2,1-2H3,(H,16,17). The minimum atomic E-state index is -0.581. The van der Waals surface area contributed by atoms with Gasteiger partial charge in [0.2, 0.25) is 0 Å². The number of aliphatic carboxylic acids is 1. The second-order valence-electron chi connectivity index (χ2n) is 5.59. The van der Waals surface area contributed by atoms with Crippen molar-refractivity contribution in [2.75, 3.05) is 20.1 Å². The van der Waals surface area contributed by atoms with Gasteiger partial charge in [0.05, 0.1) is 5.41 Å². The summed E-state index contributed by atoms with van der Waals surface area (Å²) < 4.78 is 0. The van der Waals surface area contributed by atoms with Gasteiger partial charge in [-0.1, -0.05) is 39.0 Å². The van der Waals surface area contributed by atoms with Crippen molar-refractivity contribution in [3.05, 3.63) is 0 Å². The number of unbranched alkanes of at least 4 members (excludes halogenated alkanes) is 1. The SMILES string of the molecule is CCCCN(C)CC1(C(=O)O)CCCCCC1. The summed E-state index contributed by atoms with van der Waals surface area (Å²) >= 11 is 0. The third kappa shape index (κ3) is 4.30. The fourth-order valence-electron chi connectivity index (χ4n) is 2.87. The van der Waals surface area contributed by atoms with Crippen LogP contribution in [0.4, 0.5) is 0 Å². The van der Waals surface area contributed by atoms with Crippen molar-refractivity contribution in [3.63, 3.8) is 0 Å². The number of carbonyl (C=O) groups is 1. The molecule has 0 atom stereocenters. The van der Waals surface area contributed by atoms with Crippen molar-refractivity contribution >= 4 is 5.97 Å². The van der Waals surface area contributed by atoms with Crippen LogP contribution in [0.5, 0.6) is 0 Å². The van der Waals surface area contributed by atoms with Gasteiger partial charge in [-0.2, -0.15) is 0 Å². The Balaban J connectivity index is 2.60. The molecule has 0 saturated heterocycles. The first kappa shape index (κ1) is 14.5. The number of nitrogens with zero attached hydrogens (tertiary/aromatic N) is 1. The summed E-state index contributed by atoms with van der Waals surface area (Å²) in [7, 11) is 2.06. The molecule has 0 amide bonds. The molecule has 1 fully saturated rings. The van der Waals surface area contributed by atoms with E-state index in [4.69, 9.17) is 0 Å². The molecule has 1 aliphatic rings.